The summed E-state index contributed by atoms with van der Waals surface area (Å²) in [4.78, 5) is 3.98. The molecule has 0 amide bonds. The van der Waals surface area contributed by atoms with Gasteiger partial charge in [-0.3, -0.25) is 0 Å². The SMILES string of the molecule is COc1nc(N)nn2cc(F)c(-c3ccc(N=N)c(NC[C@H](C)F)c3)c12. The smallest absolute Gasteiger partial charge is 0.243 e. The average Bonchev–Trinajstić information content (AvgIpc) is 2.94. The zero-order valence-corrected chi connectivity index (χ0v) is 14.1. The number of aromatic nitrogens is 3. The third-order valence-electron chi connectivity index (χ3n) is 3.74. The predicted octanol–water partition coefficient (Wildman–Crippen LogP) is 3.56. The van der Waals surface area contributed by atoms with E-state index in [-0.39, 0.29) is 23.9 Å². The van der Waals surface area contributed by atoms with Gasteiger partial charge >= 0.3 is 0 Å². The van der Waals surface area contributed by atoms with Crippen LogP contribution in [-0.2, 0) is 0 Å². The first kappa shape index (κ1) is 17.5. The minimum Gasteiger partial charge on any atom is -0.479 e. The summed E-state index contributed by atoms with van der Waals surface area (Å²) in [6, 6.07) is 4.73. The number of alkyl halides is 1. The van der Waals surface area contributed by atoms with Crippen LogP contribution in [0.25, 0.3) is 16.6 Å². The Labute approximate surface area is 147 Å². The van der Waals surface area contributed by atoms with Gasteiger partial charge in [0.15, 0.2) is 5.82 Å². The standard InChI is InChI=1S/C16H17F2N7O/c1-8(17)6-21-12-5-9(3-4-11(12)23-20)13-10(18)7-25-14(13)15(26-2)22-16(19)24-25/h3-5,7-8,20-21H,6H2,1-2H3,(H2,19,24)/t8-/m0/s1. The average molecular weight is 361 g/mol. The van der Waals surface area contributed by atoms with Gasteiger partial charge in [-0.1, -0.05) is 6.07 Å². The third kappa shape index (κ3) is 3.13. The molecule has 0 fully saturated rings. The van der Waals surface area contributed by atoms with Crippen LogP contribution >= 0.6 is 0 Å². The summed E-state index contributed by atoms with van der Waals surface area (Å²) in [6.07, 6.45) is 0.0748. The lowest BCUT2D eigenvalue weighted by molar-refractivity contribution is 0.378. The molecule has 4 N–H and O–H groups in total. The third-order valence-corrected chi connectivity index (χ3v) is 3.74. The van der Waals surface area contributed by atoms with Crippen molar-refractivity contribution in [2.45, 2.75) is 13.1 Å². The molecule has 1 aromatic carbocycles. The molecule has 0 spiro atoms. The number of hydrogen-bond donors (Lipinski definition) is 3. The summed E-state index contributed by atoms with van der Waals surface area (Å²) in [5.74, 6) is -0.486. The quantitative estimate of drug-likeness (QED) is 0.581. The van der Waals surface area contributed by atoms with Gasteiger partial charge in [0.05, 0.1) is 24.6 Å². The normalized spacial score (nSPS) is 12.2. The molecule has 0 saturated carbocycles. The summed E-state index contributed by atoms with van der Waals surface area (Å²) in [5, 5.41) is 10.2. The van der Waals surface area contributed by atoms with Crippen LogP contribution < -0.4 is 15.8 Å². The molecule has 0 aliphatic carbocycles. The lowest BCUT2D eigenvalue weighted by atomic mass is 10.0. The Morgan fingerprint density at radius 3 is 2.88 bits per heavy atom. The lowest BCUT2D eigenvalue weighted by Gasteiger charge is -2.12. The largest absolute Gasteiger partial charge is 0.479 e. The summed E-state index contributed by atoms with van der Waals surface area (Å²) >= 11 is 0. The van der Waals surface area contributed by atoms with E-state index in [2.05, 4.69) is 20.5 Å². The van der Waals surface area contributed by atoms with Gasteiger partial charge in [-0.2, -0.15) is 10.1 Å². The number of anilines is 2. The van der Waals surface area contributed by atoms with Crippen LogP contribution in [0.4, 0.5) is 26.1 Å². The second kappa shape index (κ2) is 6.90. The molecular formula is C16H17F2N7O. The maximum atomic E-state index is 14.6. The maximum Gasteiger partial charge on any atom is 0.243 e. The van der Waals surface area contributed by atoms with Gasteiger partial charge < -0.3 is 15.8 Å². The van der Waals surface area contributed by atoms with Gasteiger partial charge in [-0.15, -0.1) is 5.10 Å². The molecule has 26 heavy (non-hydrogen) atoms. The number of nitrogens with one attached hydrogen (secondary N) is 2. The Kier molecular flexibility index (Phi) is 4.65. The van der Waals surface area contributed by atoms with Crippen molar-refractivity contribution >= 4 is 22.8 Å². The van der Waals surface area contributed by atoms with Crippen LogP contribution in [0.3, 0.4) is 0 Å². The van der Waals surface area contributed by atoms with Gasteiger partial charge in [0, 0.05) is 6.54 Å². The van der Waals surface area contributed by atoms with Crippen LogP contribution in [-0.4, -0.2) is 34.4 Å². The second-order valence-electron chi connectivity index (χ2n) is 5.63. The number of ether oxygens (including phenoxy) is 1. The molecule has 0 bridgehead atoms. The van der Waals surface area contributed by atoms with E-state index < -0.39 is 12.0 Å². The molecule has 0 aliphatic rings. The fraction of sp³-hybridized carbons (Fsp3) is 0.250. The predicted molar refractivity (Wildman–Crippen MR) is 93.2 cm³/mol. The number of hydrogen-bond acceptors (Lipinski definition) is 7. The van der Waals surface area contributed by atoms with Gasteiger partial charge in [0.25, 0.3) is 0 Å². The molecular weight excluding hydrogens is 344 g/mol. The van der Waals surface area contributed by atoms with E-state index in [4.69, 9.17) is 16.0 Å². The summed E-state index contributed by atoms with van der Waals surface area (Å²) in [5.41, 5.74) is 14.5. The molecule has 0 saturated heterocycles. The highest BCUT2D eigenvalue weighted by Crippen LogP contribution is 2.37. The van der Waals surface area contributed by atoms with Gasteiger partial charge in [-0.05, 0) is 24.6 Å². The lowest BCUT2D eigenvalue weighted by Crippen LogP contribution is -2.11. The minimum absolute atomic E-state index is 0.0356. The molecule has 1 atom stereocenters. The monoisotopic (exact) mass is 361 g/mol. The Morgan fingerprint density at radius 2 is 2.23 bits per heavy atom. The Balaban J connectivity index is 2.19. The summed E-state index contributed by atoms with van der Waals surface area (Å²) in [7, 11) is 1.40. The first-order valence-corrected chi connectivity index (χ1v) is 7.72. The van der Waals surface area contributed by atoms with Gasteiger partial charge in [-0.25, -0.2) is 18.8 Å². The van der Waals surface area contributed by atoms with E-state index >= 15 is 0 Å². The van der Waals surface area contributed by atoms with E-state index in [9.17, 15) is 8.78 Å². The molecule has 3 rings (SSSR count). The first-order chi connectivity index (χ1) is 12.4. The van der Waals surface area contributed by atoms with Crippen molar-refractivity contribution in [2.24, 2.45) is 5.11 Å². The van der Waals surface area contributed by atoms with Crippen molar-refractivity contribution in [2.75, 3.05) is 24.7 Å². The van der Waals surface area contributed by atoms with Crippen LogP contribution in [0.2, 0.25) is 0 Å². The molecule has 0 radical (unpaired) electrons. The van der Waals surface area contributed by atoms with Crippen LogP contribution in [0, 0.1) is 11.3 Å². The first-order valence-electron chi connectivity index (χ1n) is 7.72. The molecule has 3 aromatic rings. The number of nitrogens with two attached hydrogens (primary N) is 1. The van der Waals surface area contributed by atoms with E-state index in [0.717, 1.165) is 0 Å². The molecule has 2 aromatic heterocycles. The number of fused-ring (bicyclic) bond motifs is 1. The Morgan fingerprint density at radius 1 is 1.46 bits per heavy atom. The highest BCUT2D eigenvalue weighted by Gasteiger charge is 2.20. The fourth-order valence-electron chi connectivity index (χ4n) is 2.64. The van der Waals surface area contributed by atoms with E-state index in [1.807, 2.05) is 0 Å². The Hall–Kier alpha value is -3.30. The number of methoxy groups -OCH3 is 1. The van der Waals surface area contributed by atoms with E-state index in [0.29, 0.717) is 22.5 Å². The minimum atomic E-state index is -1.10. The van der Waals surface area contributed by atoms with Crippen molar-refractivity contribution in [1.82, 2.24) is 14.6 Å². The number of rotatable bonds is 6. The van der Waals surface area contributed by atoms with Crippen LogP contribution in [0.15, 0.2) is 29.5 Å². The molecule has 0 unspecified atom stereocenters. The second-order valence-corrected chi connectivity index (χ2v) is 5.63. The highest BCUT2D eigenvalue weighted by molar-refractivity contribution is 5.87. The number of nitrogens with zero attached hydrogens (tertiary/aromatic N) is 4. The van der Waals surface area contributed by atoms with Crippen molar-refractivity contribution in [3.05, 3.63) is 30.2 Å². The zero-order valence-electron chi connectivity index (χ0n) is 14.1. The zero-order chi connectivity index (χ0) is 18.8. The number of nitrogen functional groups attached to an aromatic ring is 1. The van der Waals surface area contributed by atoms with Crippen molar-refractivity contribution in [3.8, 4) is 17.0 Å². The van der Waals surface area contributed by atoms with Crippen LogP contribution in [0.1, 0.15) is 6.92 Å². The van der Waals surface area contributed by atoms with Crippen molar-refractivity contribution in [3.63, 3.8) is 0 Å². The van der Waals surface area contributed by atoms with Crippen molar-refractivity contribution < 1.29 is 13.5 Å². The molecule has 0 aliphatic heterocycles. The van der Waals surface area contributed by atoms with E-state index in [1.165, 1.54) is 24.7 Å². The molecule has 8 nitrogen and oxygen atoms in total. The maximum absolute atomic E-state index is 14.6. The summed E-state index contributed by atoms with van der Waals surface area (Å²) < 4.78 is 34.3. The fourth-order valence-corrected chi connectivity index (χ4v) is 2.64. The Bertz CT molecular complexity index is 971. The van der Waals surface area contributed by atoms with Gasteiger partial charge in [0.1, 0.15) is 17.4 Å². The van der Waals surface area contributed by atoms with Crippen molar-refractivity contribution in [1.29, 1.82) is 5.53 Å². The number of benzene rings is 1. The molecule has 10 heteroatoms. The molecule has 136 valence electrons. The van der Waals surface area contributed by atoms with E-state index in [1.54, 1.807) is 18.2 Å². The number of halogens is 2. The van der Waals surface area contributed by atoms with Gasteiger partial charge in [0.2, 0.25) is 11.8 Å². The topological polar surface area (TPSA) is 114 Å². The molecule has 2 heterocycles. The highest BCUT2D eigenvalue weighted by atomic mass is 19.1. The van der Waals surface area contributed by atoms with Crippen LogP contribution in [0.5, 0.6) is 5.88 Å². The summed E-state index contributed by atoms with van der Waals surface area (Å²) in [6.45, 7) is 1.44.